The molecule has 2 rings (SSSR count). The Kier molecular flexibility index (Phi) is 5.98. The molecule has 0 saturated heterocycles. The van der Waals surface area contributed by atoms with Gasteiger partial charge in [-0.1, -0.05) is 18.2 Å². The molecule has 0 aliphatic rings. The van der Waals surface area contributed by atoms with Gasteiger partial charge in [-0.3, -0.25) is 9.48 Å². The van der Waals surface area contributed by atoms with E-state index in [4.69, 9.17) is 4.74 Å². The fourth-order valence-electron chi connectivity index (χ4n) is 2.42. The number of rotatable bonds is 8. The lowest BCUT2D eigenvalue weighted by Gasteiger charge is -2.22. The van der Waals surface area contributed by atoms with E-state index >= 15 is 0 Å². The minimum atomic E-state index is -1.15. The summed E-state index contributed by atoms with van der Waals surface area (Å²) in [7, 11) is 1.79. The van der Waals surface area contributed by atoms with E-state index in [9.17, 15) is 9.90 Å². The lowest BCUT2D eigenvalue weighted by molar-refractivity contribution is -0.122. The Balaban J connectivity index is 1.86. The number of carbonyl (C=O) groups excluding carboxylic acids is 1. The molecule has 0 aliphatic heterocycles. The fraction of sp³-hybridized carbons (Fsp3) is 0.444. The van der Waals surface area contributed by atoms with Crippen molar-refractivity contribution < 1.29 is 14.6 Å². The number of aryl methyl sites for hydroxylation is 2. The largest absolute Gasteiger partial charge is 0.494 e. The monoisotopic (exact) mass is 331 g/mol. The molecule has 0 radical (unpaired) electrons. The number of hydrogen-bond acceptors (Lipinski definition) is 4. The van der Waals surface area contributed by atoms with Crippen LogP contribution in [0.2, 0.25) is 0 Å². The van der Waals surface area contributed by atoms with Crippen LogP contribution in [0.5, 0.6) is 5.75 Å². The standard InChI is InChI=1S/C18H25N3O3/c1-4-24-16-8-6-5-7-14(16)9-10-17(22)19-13-18(2,23)15-11-20-21(3)12-15/h5-8,11-12,23H,4,9-10,13H2,1-3H3,(H,19,22). The van der Waals surface area contributed by atoms with Gasteiger partial charge in [0.15, 0.2) is 0 Å². The van der Waals surface area contributed by atoms with Crippen LogP contribution in [0.4, 0.5) is 0 Å². The number of amides is 1. The zero-order valence-corrected chi connectivity index (χ0v) is 14.5. The first-order chi connectivity index (χ1) is 11.4. The molecule has 1 aromatic heterocycles. The molecule has 0 spiro atoms. The van der Waals surface area contributed by atoms with E-state index in [2.05, 4.69) is 10.4 Å². The summed E-state index contributed by atoms with van der Waals surface area (Å²) in [5.74, 6) is 0.709. The normalized spacial score (nSPS) is 13.3. The number of para-hydroxylation sites is 1. The van der Waals surface area contributed by atoms with Gasteiger partial charge in [0, 0.05) is 25.2 Å². The predicted molar refractivity (Wildman–Crippen MR) is 91.7 cm³/mol. The fourth-order valence-corrected chi connectivity index (χ4v) is 2.42. The minimum absolute atomic E-state index is 0.106. The van der Waals surface area contributed by atoms with E-state index in [1.54, 1.807) is 31.0 Å². The van der Waals surface area contributed by atoms with Crippen molar-refractivity contribution >= 4 is 5.91 Å². The molecular formula is C18H25N3O3. The quantitative estimate of drug-likeness (QED) is 0.773. The number of aromatic nitrogens is 2. The van der Waals surface area contributed by atoms with E-state index in [1.807, 2.05) is 31.2 Å². The van der Waals surface area contributed by atoms with Crippen LogP contribution in [0.25, 0.3) is 0 Å². The van der Waals surface area contributed by atoms with Crippen molar-refractivity contribution in [2.75, 3.05) is 13.2 Å². The maximum Gasteiger partial charge on any atom is 0.220 e. The van der Waals surface area contributed by atoms with Crippen LogP contribution in [0.3, 0.4) is 0 Å². The maximum absolute atomic E-state index is 12.1. The van der Waals surface area contributed by atoms with Crippen LogP contribution in [-0.4, -0.2) is 33.9 Å². The second-order valence-corrected chi connectivity index (χ2v) is 5.99. The van der Waals surface area contributed by atoms with Crippen molar-refractivity contribution in [1.29, 1.82) is 0 Å². The molecule has 2 N–H and O–H groups in total. The highest BCUT2D eigenvalue weighted by molar-refractivity contribution is 5.76. The third kappa shape index (κ3) is 4.83. The third-order valence-corrected chi connectivity index (χ3v) is 3.85. The van der Waals surface area contributed by atoms with Crippen molar-refractivity contribution in [3.8, 4) is 5.75 Å². The average Bonchev–Trinajstić information content (AvgIpc) is 3.00. The van der Waals surface area contributed by atoms with Gasteiger partial charge in [0.25, 0.3) is 0 Å². The van der Waals surface area contributed by atoms with Crippen molar-refractivity contribution in [2.24, 2.45) is 7.05 Å². The van der Waals surface area contributed by atoms with Crippen molar-refractivity contribution in [3.05, 3.63) is 47.8 Å². The molecule has 6 nitrogen and oxygen atoms in total. The number of carbonyl (C=O) groups is 1. The van der Waals surface area contributed by atoms with Gasteiger partial charge >= 0.3 is 0 Å². The Hall–Kier alpha value is -2.34. The average molecular weight is 331 g/mol. The van der Waals surface area contributed by atoms with Crippen LogP contribution in [-0.2, 0) is 23.9 Å². The SMILES string of the molecule is CCOc1ccccc1CCC(=O)NCC(C)(O)c1cnn(C)c1. The lowest BCUT2D eigenvalue weighted by Crippen LogP contribution is -2.38. The van der Waals surface area contributed by atoms with E-state index in [0.29, 0.717) is 25.0 Å². The summed E-state index contributed by atoms with van der Waals surface area (Å²) in [4.78, 5) is 12.1. The Labute approximate surface area is 142 Å². The lowest BCUT2D eigenvalue weighted by atomic mass is 9.99. The number of ether oxygens (including phenoxy) is 1. The zero-order valence-electron chi connectivity index (χ0n) is 14.5. The minimum Gasteiger partial charge on any atom is -0.494 e. The first-order valence-corrected chi connectivity index (χ1v) is 8.11. The molecule has 1 amide bonds. The highest BCUT2D eigenvalue weighted by atomic mass is 16.5. The molecule has 130 valence electrons. The van der Waals surface area contributed by atoms with Gasteiger partial charge in [-0.25, -0.2) is 0 Å². The first-order valence-electron chi connectivity index (χ1n) is 8.11. The first kappa shape index (κ1) is 18.0. The van der Waals surface area contributed by atoms with E-state index in [0.717, 1.165) is 11.3 Å². The van der Waals surface area contributed by atoms with Crippen LogP contribution in [0, 0.1) is 0 Å². The van der Waals surface area contributed by atoms with Gasteiger partial charge in [-0.15, -0.1) is 0 Å². The van der Waals surface area contributed by atoms with E-state index < -0.39 is 5.60 Å². The van der Waals surface area contributed by atoms with Crippen molar-refractivity contribution in [3.63, 3.8) is 0 Å². The van der Waals surface area contributed by atoms with E-state index in [1.165, 1.54) is 0 Å². The summed E-state index contributed by atoms with van der Waals surface area (Å²) >= 11 is 0. The second kappa shape index (κ2) is 7.97. The summed E-state index contributed by atoms with van der Waals surface area (Å²) < 4.78 is 7.18. The Bertz CT molecular complexity index is 680. The molecule has 0 saturated carbocycles. The highest BCUT2D eigenvalue weighted by Gasteiger charge is 2.25. The van der Waals surface area contributed by atoms with Crippen LogP contribution in [0.15, 0.2) is 36.7 Å². The highest BCUT2D eigenvalue weighted by Crippen LogP contribution is 2.20. The summed E-state index contributed by atoms with van der Waals surface area (Å²) in [5.41, 5.74) is 0.535. The molecule has 0 fully saturated rings. The molecule has 1 aromatic carbocycles. The van der Waals surface area contributed by atoms with Crippen LogP contribution < -0.4 is 10.1 Å². The molecule has 1 atom stereocenters. The molecule has 6 heteroatoms. The summed E-state index contributed by atoms with van der Waals surface area (Å²) in [6.45, 7) is 4.33. The number of nitrogens with zero attached hydrogens (tertiary/aromatic N) is 2. The molecule has 1 heterocycles. The van der Waals surface area contributed by atoms with Crippen molar-refractivity contribution in [2.45, 2.75) is 32.3 Å². The van der Waals surface area contributed by atoms with Gasteiger partial charge in [0.1, 0.15) is 11.4 Å². The summed E-state index contributed by atoms with van der Waals surface area (Å²) in [5, 5.41) is 17.3. The van der Waals surface area contributed by atoms with Gasteiger partial charge in [-0.2, -0.15) is 5.10 Å². The molecular weight excluding hydrogens is 306 g/mol. The van der Waals surface area contributed by atoms with E-state index in [-0.39, 0.29) is 12.5 Å². The van der Waals surface area contributed by atoms with Gasteiger partial charge < -0.3 is 15.2 Å². The van der Waals surface area contributed by atoms with Gasteiger partial charge in [0.2, 0.25) is 5.91 Å². The second-order valence-electron chi connectivity index (χ2n) is 5.99. The smallest absolute Gasteiger partial charge is 0.220 e. The van der Waals surface area contributed by atoms with Crippen LogP contribution in [0.1, 0.15) is 31.4 Å². The van der Waals surface area contributed by atoms with Gasteiger partial charge in [0.05, 0.1) is 19.3 Å². The summed E-state index contributed by atoms with van der Waals surface area (Å²) in [6, 6.07) is 7.72. The Morgan fingerprint density at radius 3 is 2.83 bits per heavy atom. The Morgan fingerprint density at radius 2 is 2.17 bits per heavy atom. The molecule has 0 bridgehead atoms. The zero-order chi connectivity index (χ0) is 17.6. The maximum atomic E-state index is 12.1. The molecule has 24 heavy (non-hydrogen) atoms. The molecule has 2 aromatic rings. The number of hydrogen-bond donors (Lipinski definition) is 2. The third-order valence-electron chi connectivity index (χ3n) is 3.85. The topological polar surface area (TPSA) is 76.4 Å². The summed E-state index contributed by atoms with van der Waals surface area (Å²) in [6.07, 6.45) is 4.28. The van der Waals surface area contributed by atoms with Gasteiger partial charge in [-0.05, 0) is 31.9 Å². The molecule has 1 unspecified atom stereocenters. The Morgan fingerprint density at radius 1 is 1.42 bits per heavy atom. The predicted octanol–water partition coefficient (Wildman–Crippen LogP) is 1.78. The molecule has 0 aliphatic carbocycles. The number of nitrogens with one attached hydrogen (secondary N) is 1. The number of aliphatic hydroxyl groups is 1. The van der Waals surface area contributed by atoms with Crippen LogP contribution >= 0.6 is 0 Å². The van der Waals surface area contributed by atoms with Crippen molar-refractivity contribution in [1.82, 2.24) is 15.1 Å². The number of benzene rings is 1.